The number of hydrogen-bond acceptors (Lipinski definition) is 6. The molecule has 0 aliphatic carbocycles. The highest BCUT2D eigenvalue weighted by Crippen LogP contribution is 2.21. The highest BCUT2D eigenvalue weighted by molar-refractivity contribution is 7.13. The molecule has 0 saturated heterocycles. The predicted octanol–water partition coefficient (Wildman–Crippen LogP) is 3.18. The minimum Gasteiger partial charge on any atom is -0.465 e. The van der Waals surface area contributed by atoms with E-state index in [-0.39, 0.29) is 5.97 Å². The Labute approximate surface area is 125 Å². The second kappa shape index (κ2) is 5.88. The molecule has 0 bridgehead atoms. The zero-order chi connectivity index (χ0) is 14.7. The number of nitrogens with zero attached hydrogens (tertiary/aromatic N) is 2. The van der Waals surface area contributed by atoms with Gasteiger partial charge < -0.3 is 9.26 Å². The predicted molar refractivity (Wildman–Crippen MR) is 78.2 cm³/mol. The van der Waals surface area contributed by atoms with Crippen molar-refractivity contribution in [2.45, 2.75) is 6.42 Å². The highest BCUT2D eigenvalue weighted by Gasteiger charge is 2.13. The first kappa shape index (κ1) is 13.5. The van der Waals surface area contributed by atoms with Crippen molar-refractivity contribution >= 4 is 17.3 Å². The second-order valence-electron chi connectivity index (χ2n) is 4.31. The Kier molecular flexibility index (Phi) is 3.79. The molecule has 0 aliphatic rings. The maximum atomic E-state index is 11.4. The van der Waals surface area contributed by atoms with Gasteiger partial charge >= 0.3 is 5.97 Å². The average Bonchev–Trinajstić information content (AvgIpc) is 3.17. The van der Waals surface area contributed by atoms with E-state index in [2.05, 4.69) is 14.9 Å². The molecule has 106 valence electrons. The van der Waals surface area contributed by atoms with E-state index in [9.17, 15) is 4.79 Å². The third kappa shape index (κ3) is 3.00. The standard InChI is InChI=1S/C15H12N2O3S/c1-19-15(18)12-8-7-11(21-12)9-13-16-14(17-20-13)10-5-3-2-4-6-10/h2-8H,9H2,1H3. The van der Waals surface area contributed by atoms with E-state index >= 15 is 0 Å². The summed E-state index contributed by atoms with van der Waals surface area (Å²) in [6.07, 6.45) is 0.501. The molecule has 0 fully saturated rings. The summed E-state index contributed by atoms with van der Waals surface area (Å²) >= 11 is 1.36. The van der Waals surface area contributed by atoms with Gasteiger partial charge in [-0.3, -0.25) is 0 Å². The van der Waals surface area contributed by atoms with Gasteiger partial charge in [0, 0.05) is 10.4 Å². The van der Waals surface area contributed by atoms with Gasteiger partial charge in [0.25, 0.3) is 0 Å². The van der Waals surface area contributed by atoms with Crippen molar-refractivity contribution in [2.75, 3.05) is 7.11 Å². The van der Waals surface area contributed by atoms with Gasteiger partial charge in [-0.15, -0.1) is 11.3 Å². The Morgan fingerprint density at radius 1 is 1.24 bits per heavy atom. The topological polar surface area (TPSA) is 65.2 Å². The van der Waals surface area contributed by atoms with Crippen LogP contribution >= 0.6 is 11.3 Å². The molecular formula is C15H12N2O3S. The van der Waals surface area contributed by atoms with Crippen molar-refractivity contribution in [2.24, 2.45) is 0 Å². The van der Waals surface area contributed by atoms with Crippen LogP contribution in [0.1, 0.15) is 20.4 Å². The third-order valence-electron chi connectivity index (χ3n) is 2.87. The smallest absolute Gasteiger partial charge is 0.348 e. The van der Waals surface area contributed by atoms with E-state index in [0.717, 1.165) is 10.4 Å². The van der Waals surface area contributed by atoms with Crippen LogP contribution in [0.3, 0.4) is 0 Å². The Morgan fingerprint density at radius 3 is 2.81 bits per heavy atom. The number of thiophene rings is 1. The Bertz CT molecular complexity index is 749. The second-order valence-corrected chi connectivity index (χ2v) is 5.48. The first-order valence-corrected chi connectivity index (χ1v) is 7.13. The van der Waals surface area contributed by atoms with Crippen LogP contribution in [0, 0.1) is 0 Å². The van der Waals surface area contributed by atoms with Crippen molar-refractivity contribution in [3.8, 4) is 11.4 Å². The van der Waals surface area contributed by atoms with Crippen LogP contribution in [-0.2, 0) is 11.2 Å². The number of methoxy groups -OCH3 is 1. The summed E-state index contributed by atoms with van der Waals surface area (Å²) in [5, 5.41) is 3.97. The lowest BCUT2D eigenvalue weighted by Crippen LogP contribution is -1.96. The molecular weight excluding hydrogens is 288 g/mol. The zero-order valence-electron chi connectivity index (χ0n) is 11.3. The lowest BCUT2D eigenvalue weighted by atomic mass is 10.2. The first-order valence-electron chi connectivity index (χ1n) is 6.31. The zero-order valence-corrected chi connectivity index (χ0v) is 12.1. The van der Waals surface area contributed by atoms with E-state index in [1.807, 2.05) is 36.4 Å². The number of aromatic nitrogens is 2. The fourth-order valence-electron chi connectivity index (χ4n) is 1.86. The maximum absolute atomic E-state index is 11.4. The summed E-state index contributed by atoms with van der Waals surface area (Å²) in [5.74, 6) is 0.754. The Balaban J connectivity index is 1.76. The fraction of sp³-hybridized carbons (Fsp3) is 0.133. The van der Waals surface area contributed by atoms with Crippen LogP contribution in [0.2, 0.25) is 0 Å². The summed E-state index contributed by atoms with van der Waals surface area (Å²) in [5.41, 5.74) is 0.911. The number of hydrogen-bond donors (Lipinski definition) is 0. The molecule has 0 amide bonds. The van der Waals surface area contributed by atoms with Gasteiger partial charge in [-0.05, 0) is 12.1 Å². The normalized spacial score (nSPS) is 10.5. The molecule has 3 rings (SSSR count). The Hall–Kier alpha value is -2.47. The molecule has 2 heterocycles. The molecule has 5 nitrogen and oxygen atoms in total. The molecule has 3 aromatic rings. The lowest BCUT2D eigenvalue weighted by molar-refractivity contribution is 0.0606. The van der Waals surface area contributed by atoms with Crippen LogP contribution in [0.15, 0.2) is 47.0 Å². The molecule has 0 radical (unpaired) electrons. The molecule has 6 heteroatoms. The van der Waals surface area contributed by atoms with Crippen molar-refractivity contribution in [3.63, 3.8) is 0 Å². The van der Waals surface area contributed by atoms with Gasteiger partial charge in [0.15, 0.2) is 0 Å². The molecule has 0 saturated carbocycles. The number of esters is 1. The monoisotopic (exact) mass is 300 g/mol. The van der Waals surface area contributed by atoms with Crippen LogP contribution < -0.4 is 0 Å². The van der Waals surface area contributed by atoms with Crippen molar-refractivity contribution in [3.05, 3.63) is 58.1 Å². The maximum Gasteiger partial charge on any atom is 0.348 e. The van der Waals surface area contributed by atoms with Crippen LogP contribution in [0.4, 0.5) is 0 Å². The number of benzene rings is 1. The number of ether oxygens (including phenoxy) is 1. The van der Waals surface area contributed by atoms with E-state index in [1.165, 1.54) is 18.4 Å². The highest BCUT2D eigenvalue weighted by atomic mass is 32.1. The van der Waals surface area contributed by atoms with Gasteiger partial charge in [0.2, 0.25) is 11.7 Å². The molecule has 1 aromatic carbocycles. The summed E-state index contributed by atoms with van der Waals surface area (Å²) in [6.45, 7) is 0. The molecule has 21 heavy (non-hydrogen) atoms. The lowest BCUT2D eigenvalue weighted by Gasteiger charge is -1.92. The van der Waals surface area contributed by atoms with E-state index < -0.39 is 0 Å². The van der Waals surface area contributed by atoms with Gasteiger partial charge in [-0.2, -0.15) is 4.98 Å². The quantitative estimate of drug-likeness (QED) is 0.692. The Morgan fingerprint density at radius 2 is 2.05 bits per heavy atom. The van der Waals surface area contributed by atoms with Gasteiger partial charge in [-0.1, -0.05) is 35.5 Å². The van der Waals surface area contributed by atoms with Crippen molar-refractivity contribution in [1.82, 2.24) is 10.1 Å². The minimum atomic E-state index is -0.332. The third-order valence-corrected chi connectivity index (χ3v) is 3.94. The molecule has 0 spiro atoms. The number of carbonyl (C=O) groups excluding carboxylic acids is 1. The van der Waals surface area contributed by atoms with Crippen molar-refractivity contribution in [1.29, 1.82) is 0 Å². The first-order chi connectivity index (χ1) is 10.3. The van der Waals surface area contributed by atoms with Gasteiger partial charge in [0.05, 0.1) is 13.5 Å². The fourth-order valence-corrected chi connectivity index (χ4v) is 2.78. The van der Waals surface area contributed by atoms with E-state index in [1.54, 1.807) is 6.07 Å². The van der Waals surface area contributed by atoms with Crippen LogP contribution in [0.25, 0.3) is 11.4 Å². The summed E-state index contributed by atoms with van der Waals surface area (Å²) in [4.78, 5) is 17.3. The largest absolute Gasteiger partial charge is 0.465 e. The SMILES string of the molecule is COC(=O)c1ccc(Cc2nc(-c3ccccc3)no2)s1. The molecule has 2 aromatic heterocycles. The van der Waals surface area contributed by atoms with Gasteiger partial charge in [-0.25, -0.2) is 4.79 Å². The van der Waals surface area contributed by atoms with Crippen LogP contribution in [-0.4, -0.2) is 23.2 Å². The summed E-state index contributed by atoms with van der Waals surface area (Å²) < 4.78 is 9.93. The van der Waals surface area contributed by atoms with E-state index in [0.29, 0.717) is 23.0 Å². The average molecular weight is 300 g/mol. The van der Waals surface area contributed by atoms with E-state index in [4.69, 9.17) is 4.52 Å². The van der Waals surface area contributed by atoms with Crippen molar-refractivity contribution < 1.29 is 14.1 Å². The number of rotatable bonds is 4. The minimum absolute atomic E-state index is 0.332. The van der Waals surface area contributed by atoms with Gasteiger partial charge in [0.1, 0.15) is 4.88 Å². The van der Waals surface area contributed by atoms with Crippen LogP contribution in [0.5, 0.6) is 0 Å². The molecule has 0 unspecified atom stereocenters. The molecule has 0 N–H and O–H groups in total. The summed E-state index contributed by atoms with van der Waals surface area (Å²) in [7, 11) is 1.37. The molecule has 0 atom stereocenters. The summed E-state index contributed by atoms with van der Waals surface area (Å²) in [6, 6.07) is 13.2. The molecule has 0 aliphatic heterocycles. The number of carbonyl (C=O) groups is 1.